The maximum absolute atomic E-state index is 10.9. The number of nitrogens with two attached hydrogens (primary N) is 1. The summed E-state index contributed by atoms with van der Waals surface area (Å²) in [6.07, 6.45) is 1.53. The van der Waals surface area contributed by atoms with E-state index >= 15 is 0 Å². The molecule has 0 fully saturated rings. The predicted octanol–water partition coefficient (Wildman–Crippen LogP) is 1.11. The van der Waals surface area contributed by atoms with E-state index in [1.807, 2.05) is 20.8 Å². The van der Waals surface area contributed by atoms with Gasteiger partial charge < -0.3 is 5.73 Å². The van der Waals surface area contributed by atoms with Crippen LogP contribution >= 0.6 is 0 Å². The van der Waals surface area contributed by atoms with Crippen LogP contribution in [0.1, 0.15) is 27.2 Å². The van der Waals surface area contributed by atoms with Crippen LogP contribution in [-0.4, -0.2) is 10.9 Å². The summed E-state index contributed by atoms with van der Waals surface area (Å²) in [6, 6.07) is 0. The fourth-order valence-electron chi connectivity index (χ4n) is 1.08. The number of rotatable bonds is 1. The molecule has 2 N–H and O–H groups in total. The minimum absolute atomic E-state index is 0.414. The fraction of sp³-hybridized carbons (Fsp3) is 0.333. The number of amides is 1. The first-order valence-corrected chi connectivity index (χ1v) is 3.76. The maximum Gasteiger partial charge on any atom is 0.250 e. The molecule has 0 bridgehead atoms. The van der Waals surface area contributed by atoms with E-state index in [1.54, 1.807) is 0 Å². The first-order chi connectivity index (χ1) is 5.54. The number of aryl methyl sites for hydroxylation is 1. The number of carbonyl (C=O) groups is 1. The quantitative estimate of drug-likeness (QED) is 0.675. The van der Waals surface area contributed by atoms with Crippen molar-refractivity contribution in [2.75, 3.05) is 0 Å². The molecule has 1 rings (SSSR count). The highest BCUT2D eigenvalue weighted by Crippen LogP contribution is 2.13. The van der Waals surface area contributed by atoms with E-state index in [4.69, 9.17) is 5.73 Å². The summed E-state index contributed by atoms with van der Waals surface area (Å²) in [4.78, 5) is 14.9. The van der Waals surface area contributed by atoms with Gasteiger partial charge in [-0.1, -0.05) is 0 Å². The molecule has 0 unspecified atom stereocenters. The zero-order valence-corrected chi connectivity index (χ0v) is 7.51. The van der Waals surface area contributed by atoms with Gasteiger partial charge in [-0.05, 0) is 31.9 Å². The molecule has 0 saturated heterocycles. The molecule has 1 amide bonds. The van der Waals surface area contributed by atoms with E-state index in [0.717, 1.165) is 16.8 Å². The van der Waals surface area contributed by atoms with Crippen molar-refractivity contribution in [2.24, 2.45) is 5.73 Å². The normalized spacial score (nSPS) is 9.92. The van der Waals surface area contributed by atoms with Crippen molar-refractivity contribution in [2.45, 2.75) is 20.8 Å². The molecule has 3 nitrogen and oxygen atoms in total. The SMILES string of the molecule is Cc1ncc(C(N)=O)c(C)c1C. The molecule has 0 aliphatic carbocycles. The number of aromatic nitrogens is 1. The van der Waals surface area contributed by atoms with Gasteiger partial charge in [-0.2, -0.15) is 0 Å². The van der Waals surface area contributed by atoms with Crippen LogP contribution < -0.4 is 5.73 Å². The number of nitrogens with zero attached hydrogens (tertiary/aromatic N) is 1. The van der Waals surface area contributed by atoms with Gasteiger partial charge in [0.15, 0.2) is 0 Å². The number of pyridine rings is 1. The number of primary amides is 1. The van der Waals surface area contributed by atoms with E-state index in [0.29, 0.717) is 5.56 Å². The topological polar surface area (TPSA) is 56.0 Å². The molecule has 0 aliphatic heterocycles. The van der Waals surface area contributed by atoms with Crippen LogP contribution in [0, 0.1) is 20.8 Å². The highest BCUT2D eigenvalue weighted by Gasteiger charge is 2.08. The first kappa shape index (κ1) is 8.71. The molecule has 0 aromatic carbocycles. The lowest BCUT2D eigenvalue weighted by molar-refractivity contribution is 0.0999. The summed E-state index contributed by atoms with van der Waals surface area (Å²) in [5, 5.41) is 0. The van der Waals surface area contributed by atoms with Gasteiger partial charge in [0.2, 0.25) is 0 Å². The van der Waals surface area contributed by atoms with Crippen molar-refractivity contribution in [3.8, 4) is 0 Å². The Morgan fingerprint density at radius 1 is 1.33 bits per heavy atom. The minimum atomic E-state index is -0.414. The van der Waals surface area contributed by atoms with E-state index in [2.05, 4.69) is 4.98 Å². The number of carbonyl (C=O) groups excluding carboxylic acids is 1. The van der Waals surface area contributed by atoms with Gasteiger partial charge in [-0.25, -0.2) is 0 Å². The second kappa shape index (κ2) is 2.93. The van der Waals surface area contributed by atoms with E-state index in [1.165, 1.54) is 6.20 Å². The van der Waals surface area contributed by atoms with Crippen LogP contribution in [0.4, 0.5) is 0 Å². The standard InChI is InChI=1S/C9H12N2O/c1-5-6(2)8(9(10)12)4-11-7(5)3/h4H,1-3H3,(H2,10,12). The minimum Gasteiger partial charge on any atom is -0.366 e. The average molecular weight is 164 g/mol. The molecule has 1 aromatic heterocycles. The average Bonchev–Trinajstić information content (AvgIpc) is 2.00. The summed E-state index contributed by atoms with van der Waals surface area (Å²) in [6.45, 7) is 5.72. The number of hydrogen-bond acceptors (Lipinski definition) is 2. The van der Waals surface area contributed by atoms with Crippen molar-refractivity contribution in [3.63, 3.8) is 0 Å². The van der Waals surface area contributed by atoms with Crippen molar-refractivity contribution < 1.29 is 4.79 Å². The Morgan fingerprint density at radius 3 is 2.42 bits per heavy atom. The van der Waals surface area contributed by atoms with Crippen molar-refractivity contribution in [3.05, 3.63) is 28.6 Å². The summed E-state index contributed by atoms with van der Waals surface area (Å²) in [5.74, 6) is -0.414. The Kier molecular flexibility index (Phi) is 2.13. The van der Waals surface area contributed by atoms with Gasteiger partial charge in [-0.3, -0.25) is 9.78 Å². The first-order valence-electron chi connectivity index (χ1n) is 3.76. The lowest BCUT2D eigenvalue weighted by Gasteiger charge is -2.06. The third-order valence-corrected chi connectivity index (χ3v) is 2.16. The monoisotopic (exact) mass is 164 g/mol. The number of hydrogen-bond donors (Lipinski definition) is 1. The van der Waals surface area contributed by atoms with Gasteiger partial charge in [0.1, 0.15) is 0 Å². The van der Waals surface area contributed by atoms with Crippen molar-refractivity contribution in [1.29, 1.82) is 0 Å². The lowest BCUT2D eigenvalue weighted by Crippen LogP contribution is -2.14. The Bertz CT molecular complexity index is 332. The molecule has 12 heavy (non-hydrogen) atoms. The maximum atomic E-state index is 10.9. The highest BCUT2D eigenvalue weighted by atomic mass is 16.1. The largest absolute Gasteiger partial charge is 0.366 e. The van der Waals surface area contributed by atoms with Gasteiger partial charge in [0.05, 0.1) is 5.56 Å². The zero-order valence-electron chi connectivity index (χ0n) is 7.51. The van der Waals surface area contributed by atoms with Crippen molar-refractivity contribution in [1.82, 2.24) is 4.98 Å². The van der Waals surface area contributed by atoms with Crippen LogP contribution in [0.25, 0.3) is 0 Å². The van der Waals surface area contributed by atoms with Crippen LogP contribution in [0.15, 0.2) is 6.20 Å². The molecule has 1 aromatic rings. The van der Waals surface area contributed by atoms with Crippen LogP contribution in [0.3, 0.4) is 0 Å². The third-order valence-electron chi connectivity index (χ3n) is 2.16. The van der Waals surface area contributed by atoms with Gasteiger partial charge in [-0.15, -0.1) is 0 Å². The molecular weight excluding hydrogens is 152 g/mol. The van der Waals surface area contributed by atoms with E-state index in [-0.39, 0.29) is 0 Å². The molecular formula is C9H12N2O. The van der Waals surface area contributed by atoms with Crippen LogP contribution in [0.5, 0.6) is 0 Å². The predicted molar refractivity (Wildman–Crippen MR) is 47.0 cm³/mol. The Balaban J connectivity index is 3.36. The fourth-order valence-corrected chi connectivity index (χ4v) is 1.08. The summed E-state index contributed by atoms with van der Waals surface area (Å²) in [7, 11) is 0. The molecule has 64 valence electrons. The van der Waals surface area contributed by atoms with Gasteiger partial charge in [0.25, 0.3) is 5.91 Å². The Hall–Kier alpha value is -1.38. The molecule has 0 saturated carbocycles. The highest BCUT2D eigenvalue weighted by molar-refractivity contribution is 5.94. The summed E-state index contributed by atoms with van der Waals surface area (Å²) >= 11 is 0. The Morgan fingerprint density at radius 2 is 1.92 bits per heavy atom. The second-order valence-corrected chi connectivity index (χ2v) is 2.87. The van der Waals surface area contributed by atoms with E-state index in [9.17, 15) is 4.79 Å². The molecule has 0 spiro atoms. The molecule has 1 heterocycles. The van der Waals surface area contributed by atoms with Crippen LogP contribution in [0.2, 0.25) is 0 Å². The summed E-state index contributed by atoms with van der Waals surface area (Å²) in [5.41, 5.74) is 8.57. The smallest absolute Gasteiger partial charge is 0.250 e. The van der Waals surface area contributed by atoms with Gasteiger partial charge >= 0.3 is 0 Å². The molecule has 3 heteroatoms. The molecule has 0 radical (unpaired) electrons. The van der Waals surface area contributed by atoms with Crippen LogP contribution in [-0.2, 0) is 0 Å². The van der Waals surface area contributed by atoms with E-state index < -0.39 is 5.91 Å². The second-order valence-electron chi connectivity index (χ2n) is 2.87. The van der Waals surface area contributed by atoms with Crippen molar-refractivity contribution >= 4 is 5.91 Å². The Labute approximate surface area is 71.6 Å². The van der Waals surface area contributed by atoms with Gasteiger partial charge in [0, 0.05) is 11.9 Å². The molecule has 0 atom stereocenters. The summed E-state index contributed by atoms with van der Waals surface area (Å²) < 4.78 is 0. The zero-order chi connectivity index (χ0) is 9.30. The lowest BCUT2D eigenvalue weighted by atomic mass is 10.0. The molecule has 0 aliphatic rings. The third kappa shape index (κ3) is 1.30.